The second-order valence-electron chi connectivity index (χ2n) is 10.5. The summed E-state index contributed by atoms with van der Waals surface area (Å²) in [5, 5.41) is 0. The molecule has 1 aromatic heterocycles. The minimum Gasteiger partial charge on any atom is -0.338 e. The second-order valence-corrected chi connectivity index (χ2v) is 10.5. The lowest BCUT2D eigenvalue weighted by Gasteiger charge is -2.40. The summed E-state index contributed by atoms with van der Waals surface area (Å²) in [7, 11) is 2.18. The van der Waals surface area contributed by atoms with Gasteiger partial charge < -0.3 is 4.81 Å². The molecule has 34 heavy (non-hydrogen) atoms. The molecule has 2 aliphatic rings. The standard InChI is InChI=1S/C30H33BN3/c1-19(2)24-13-9-14-25-22(5)18-23-12-7-11-21(4)28(23)31-33-17-16-32(6)30(33)27-20(3)10-8-15-26(27)34(31)29(24)25/h7-17,19,22H,18H2,1-6H3/q+1. The monoisotopic (exact) mass is 446 g/mol. The molecule has 0 amide bonds. The maximum Gasteiger partial charge on any atom is 0.542 e. The molecule has 4 heteroatoms. The molecule has 6 rings (SSSR count). The third-order valence-corrected chi connectivity index (χ3v) is 7.96. The molecule has 1 atom stereocenters. The Morgan fingerprint density at radius 1 is 0.971 bits per heavy atom. The Kier molecular flexibility index (Phi) is 4.77. The number of fused-ring (bicyclic) bond motifs is 10. The van der Waals surface area contributed by atoms with Gasteiger partial charge in [-0.05, 0) is 66.0 Å². The zero-order valence-corrected chi connectivity index (χ0v) is 21.1. The van der Waals surface area contributed by atoms with Gasteiger partial charge in [0.05, 0.1) is 12.6 Å². The highest BCUT2D eigenvalue weighted by Gasteiger charge is 2.49. The molecule has 0 saturated heterocycles. The van der Waals surface area contributed by atoms with Gasteiger partial charge in [-0.15, -0.1) is 0 Å². The number of nitrogens with zero attached hydrogens (tertiary/aromatic N) is 3. The first kappa shape index (κ1) is 21.3. The van der Waals surface area contributed by atoms with E-state index in [1.165, 1.54) is 56.0 Å². The molecule has 3 heterocycles. The number of hydrogen-bond acceptors (Lipinski definition) is 1. The van der Waals surface area contributed by atoms with Crippen molar-refractivity contribution in [3.8, 4) is 11.4 Å². The van der Waals surface area contributed by atoms with Crippen LogP contribution in [0.1, 0.15) is 60.4 Å². The van der Waals surface area contributed by atoms with E-state index < -0.39 is 0 Å². The minimum atomic E-state index is 0.0767. The lowest BCUT2D eigenvalue weighted by atomic mass is 9.57. The van der Waals surface area contributed by atoms with Crippen LogP contribution in [0.4, 0.5) is 11.4 Å². The van der Waals surface area contributed by atoms with Gasteiger partial charge in [0, 0.05) is 16.8 Å². The second kappa shape index (κ2) is 7.63. The van der Waals surface area contributed by atoms with E-state index in [2.05, 4.69) is 123 Å². The molecule has 2 aliphatic heterocycles. The molecule has 0 radical (unpaired) electrons. The highest BCUT2D eigenvalue weighted by Crippen LogP contribution is 2.47. The van der Waals surface area contributed by atoms with Crippen LogP contribution in [0.5, 0.6) is 0 Å². The van der Waals surface area contributed by atoms with Gasteiger partial charge in [-0.2, -0.15) is 0 Å². The van der Waals surface area contributed by atoms with E-state index in [-0.39, 0.29) is 6.98 Å². The van der Waals surface area contributed by atoms with E-state index >= 15 is 0 Å². The molecule has 4 aromatic rings. The van der Waals surface area contributed by atoms with E-state index in [1.807, 2.05) is 0 Å². The summed E-state index contributed by atoms with van der Waals surface area (Å²) in [6, 6.07) is 20.6. The van der Waals surface area contributed by atoms with Crippen molar-refractivity contribution in [1.29, 1.82) is 0 Å². The van der Waals surface area contributed by atoms with Crippen molar-refractivity contribution in [2.75, 3.05) is 4.81 Å². The van der Waals surface area contributed by atoms with E-state index in [4.69, 9.17) is 0 Å². The van der Waals surface area contributed by atoms with Gasteiger partial charge in [-0.25, -0.2) is 4.57 Å². The molecule has 3 nitrogen and oxygen atoms in total. The topological polar surface area (TPSA) is 12.1 Å². The van der Waals surface area contributed by atoms with E-state index in [0.29, 0.717) is 11.8 Å². The van der Waals surface area contributed by atoms with Crippen molar-refractivity contribution in [3.05, 3.63) is 94.8 Å². The quantitative estimate of drug-likeness (QED) is 0.267. The lowest BCUT2D eigenvalue weighted by molar-refractivity contribution is -0.659. The molecule has 0 fully saturated rings. The fraction of sp³-hybridized carbons (Fsp3) is 0.300. The van der Waals surface area contributed by atoms with Crippen LogP contribution in [-0.4, -0.2) is 11.5 Å². The van der Waals surface area contributed by atoms with Crippen molar-refractivity contribution >= 4 is 23.8 Å². The van der Waals surface area contributed by atoms with Crippen molar-refractivity contribution < 1.29 is 4.57 Å². The van der Waals surface area contributed by atoms with Gasteiger partial charge in [0.1, 0.15) is 12.4 Å². The Labute approximate surface area is 203 Å². The molecular formula is C30H33BN3+. The first-order valence-electron chi connectivity index (χ1n) is 12.5. The summed E-state index contributed by atoms with van der Waals surface area (Å²) in [6.45, 7) is 11.7. The van der Waals surface area contributed by atoms with Crippen molar-refractivity contribution in [2.45, 2.75) is 52.9 Å². The highest BCUT2D eigenvalue weighted by molar-refractivity contribution is 6.78. The highest BCUT2D eigenvalue weighted by atomic mass is 15.2. The molecule has 0 saturated carbocycles. The SMILES string of the molecule is Cc1cccc2c1B1N(c3cccc(C)c3-c3n1cc[n+]3C)c1c(C(C)C)cccc1C(C)C2. The fourth-order valence-corrected chi connectivity index (χ4v) is 6.36. The molecule has 0 spiro atoms. The predicted octanol–water partition coefficient (Wildman–Crippen LogP) is 5.77. The maximum absolute atomic E-state index is 2.67. The van der Waals surface area contributed by atoms with Crippen LogP contribution in [0.25, 0.3) is 11.4 Å². The zero-order valence-electron chi connectivity index (χ0n) is 21.1. The van der Waals surface area contributed by atoms with Gasteiger partial charge in [-0.3, -0.25) is 4.48 Å². The molecular weight excluding hydrogens is 413 g/mol. The summed E-state index contributed by atoms with van der Waals surface area (Å²) >= 11 is 0. The number of aromatic nitrogens is 2. The molecule has 170 valence electrons. The average molecular weight is 446 g/mol. The van der Waals surface area contributed by atoms with Crippen LogP contribution in [0.2, 0.25) is 0 Å². The maximum atomic E-state index is 2.67. The summed E-state index contributed by atoms with van der Waals surface area (Å²) in [4.78, 5) is 2.67. The number of para-hydroxylation sites is 1. The molecule has 0 aliphatic carbocycles. The van der Waals surface area contributed by atoms with E-state index in [1.54, 1.807) is 0 Å². The van der Waals surface area contributed by atoms with Crippen LogP contribution < -0.4 is 14.8 Å². The Balaban J connectivity index is 1.81. The number of anilines is 2. The van der Waals surface area contributed by atoms with E-state index in [9.17, 15) is 0 Å². The first-order chi connectivity index (χ1) is 16.4. The number of benzene rings is 3. The van der Waals surface area contributed by atoms with Crippen molar-refractivity contribution in [1.82, 2.24) is 4.48 Å². The zero-order chi connectivity index (χ0) is 23.7. The summed E-state index contributed by atoms with van der Waals surface area (Å²) in [6.07, 6.45) is 5.55. The first-order valence-corrected chi connectivity index (χ1v) is 12.5. The van der Waals surface area contributed by atoms with Crippen LogP contribution in [0, 0.1) is 13.8 Å². The number of rotatable bonds is 1. The number of aryl methyl sites for hydroxylation is 3. The number of hydrogen-bond donors (Lipinski definition) is 0. The van der Waals surface area contributed by atoms with E-state index in [0.717, 1.165) is 6.42 Å². The summed E-state index contributed by atoms with van der Waals surface area (Å²) in [5.41, 5.74) is 12.5. The van der Waals surface area contributed by atoms with Crippen LogP contribution >= 0.6 is 0 Å². The molecule has 0 bridgehead atoms. The van der Waals surface area contributed by atoms with Gasteiger partial charge in [0.2, 0.25) is 0 Å². The molecule has 0 N–H and O–H groups in total. The van der Waals surface area contributed by atoms with Gasteiger partial charge in [-0.1, -0.05) is 69.3 Å². The van der Waals surface area contributed by atoms with Crippen LogP contribution in [0.15, 0.2) is 67.0 Å². The smallest absolute Gasteiger partial charge is 0.338 e. The normalized spacial score (nSPS) is 16.3. The largest absolute Gasteiger partial charge is 0.542 e. The minimum absolute atomic E-state index is 0.0767. The van der Waals surface area contributed by atoms with Crippen LogP contribution in [0.3, 0.4) is 0 Å². The van der Waals surface area contributed by atoms with Crippen LogP contribution in [-0.2, 0) is 13.5 Å². The summed E-state index contributed by atoms with van der Waals surface area (Å²) < 4.78 is 4.80. The molecule has 1 unspecified atom stereocenters. The molecule has 3 aromatic carbocycles. The summed E-state index contributed by atoms with van der Waals surface area (Å²) in [5.74, 6) is 2.15. The van der Waals surface area contributed by atoms with Gasteiger partial charge >= 0.3 is 6.98 Å². The third-order valence-electron chi connectivity index (χ3n) is 7.96. The third kappa shape index (κ3) is 2.87. The Morgan fingerprint density at radius 3 is 2.50 bits per heavy atom. The predicted molar refractivity (Wildman–Crippen MR) is 143 cm³/mol. The Hall–Kier alpha value is -3.27. The van der Waals surface area contributed by atoms with Gasteiger partial charge in [0.15, 0.2) is 0 Å². The lowest BCUT2D eigenvalue weighted by Crippen LogP contribution is -2.58. The fourth-order valence-electron chi connectivity index (χ4n) is 6.36. The van der Waals surface area contributed by atoms with Crippen molar-refractivity contribution in [3.63, 3.8) is 0 Å². The average Bonchev–Trinajstić information content (AvgIpc) is 3.18. The van der Waals surface area contributed by atoms with Gasteiger partial charge in [0.25, 0.3) is 5.82 Å². The number of imidazole rings is 1. The Bertz CT molecular complexity index is 1430. The van der Waals surface area contributed by atoms with Crippen molar-refractivity contribution in [2.24, 2.45) is 7.05 Å². The Morgan fingerprint density at radius 2 is 1.71 bits per heavy atom.